The van der Waals surface area contributed by atoms with Crippen LogP contribution in [-0.2, 0) is 16.6 Å². The second-order valence-corrected chi connectivity index (χ2v) is 7.89. The lowest BCUT2D eigenvalue weighted by Crippen LogP contribution is -2.35. The SMILES string of the molecule is CCNCc1c(C)oc(C)c1S(=O)(=O)N1CC(C)CC1C. The largest absolute Gasteiger partial charge is 0.465 e. The Kier molecular flexibility index (Phi) is 4.80. The third kappa shape index (κ3) is 3.03. The van der Waals surface area contributed by atoms with Crippen molar-refractivity contribution >= 4 is 10.0 Å². The molecule has 5 nitrogen and oxygen atoms in total. The summed E-state index contributed by atoms with van der Waals surface area (Å²) in [4.78, 5) is 0.363. The summed E-state index contributed by atoms with van der Waals surface area (Å²) in [7, 11) is -3.49. The second kappa shape index (κ2) is 6.10. The van der Waals surface area contributed by atoms with Crippen LogP contribution in [0.1, 0.15) is 44.3 Å². The first-order chi connectivity index (χ1) is 9.78. The van der Waals surface area contributed by atoms with Gasteiger partial charge in [-0.05, 0) is 39.7 Å². The van der Waals surface area contributed by atoms with E-state index in [4.69, 9.17) is 4.42 Å². The van der Waals surface area contributed by atoms with E-state index in [1.807, 2.05) is 20.8 Å². The van der Waals surface area contributed by atoms with Crippen molar-refractivity contribution in [3.8, 4) is 0 Å². The lowest BCUT2D eigenvalue weighted by atomic mass is 10.1. The normalized spacial score (nSPS) is 23.9. The Morgan fingerprint density at radius 3 is 2.48 bits per heavy atom. The molecular weight excluding hydrogens is 288 g/mol. The third-order valence-corrected chi connectivity index (χ3v) is 6.35. The minimum absolute atomic E-state index is 0.0478. The molecule has 2 rings (SSSR count). The van der Waals surface area contributed by atoms with Gasteiger partial charge in [-0.3, -0.25) is 0 Å². The smallest absolute Gasteiger partial charge is 0.247 e. The van der Waals surface area contributed by atoms with Crippen LogP contribution >= 0.6 is 0 Å². The summed E-state index contributed by atoms with van der Waals surface area (Å²) in [6, 6.07) is 0.0478. The molecule has 2 unspecified atom stereocenters. The number of furan rings is 1. The van der Waals surface area contributed by atoms with Gasteiger partial charge in [0.25, 0.3) is 0 Å². The van der Waals surface area contributed by atoms with Crippen LogP contribution in [0, 0.1) is 19.8 Å². The maximum atomic E-state index is 13.0. The van der Waals surface area contributed by atoms with Crippen LogP contribution in [0.3, 0.4) is 0 Å². The van der Waals surface area contributed by atoms with Crippen LogP contribution < -0.4 is 5.32 Å². The fourth-order valence-corrected chi connectivity index (χ4v) is 5.39. The maximum absolute atomic E-state index is 13.0. The Balaban J connectivity index is 2.45. The summed E-state index contributed by atoms with van der Waals surface area (Å²) >= 11 is 0. The summed E-state index contributed by atoms with van der Waals surface area (Å²) in [5.41, 5.74) is 0.765. The minimum atomic E-state index is -3.49. The lowest BCUT2D eigenvalue weighted by molar-refractivity contribution is 0.403. The molecule has 1 aromatic rings. The van der Waals surface area contributed by atoms with Gasteiger partial charge in [0.2, 0.25) is 10.0 Å². The molecule has 21 heavy (non-hydrogen) atoms. The summed E-state index contributed by atoms with van der Waals surface area (Å²) in [5.74, 6) is 1.58. The van der Waals surface area contributed by atoms with Gasteiger partial charge < -0.3 is 9.73 Å². The van der Waals surface area contributed by atoms with E-state index in [9.17, 15) is 8.42 Å². The number of nitrogens with one attached hydrogen (secondary N) is 1. The van der Waals surface area contributed by atoms with Gasteiger partial charge in [-0.1, -0.05) is 13.8 Å². The van der Waals surface area contributed by atoms with E-state index in [1.165, 1.54) is 0 Å². The Morgan fingerprint density at radius 1 is 1.29 bits per heavy atom. The summed E-state index contributed by atoms with van der Waals surface area (Å²) < 4.78 is 33.3. The van der Waals surface area contributed by atoms with Gasteiger partial charge in [-0.15, -0.1) is 0 Å². The number of rotatable bonds is 5. The average molecular weight is 314 g/mol. The highest BCUT2D eigenvalue weighted by atomic mass is 32.2. The zero-order chi connectivity index (χ0) is 15.8. The standard InChI is InChI=1S/C15H26N2O3S/c1-6-16-8-14-12(4)20-13(5)15(14)21(18,19)17-9-10(2)7-11(17)3/h10-11,16H,6-9H2,1-5H3. The van der Waals surface area contributed by atoms with Crippen molar-refractivity contribution in [3.05, 3.63) is 17.1 Å². The molecule has 1 aliphatic rings. The molecule has 1 N–H and O–H groups in total. The Hall–Kier alpha value is -0.850. The minimum Gasteiger partial charge on any atom is -0.465 e. The molecule has 1 aromatic heterocycles. The molecule has 0 saturated carbocycles. The van der Waals surface area contributed by atoms with Crippen LogP contribution in [0.4, 0.5) is 0 Å². The molecule has 1 fully saturated rings. The Morgan fingerprint density at radius 2 is 1.95 bits per heavy atom. The van der Waals surface area contributed by atoms with Crippen molar-refractivity contribution in [2.75, 3.05) is 13.1 Å². The molecule has 0 amide bonds. The Labute approximate surface area is 127 Å². The van der Waals surface area contributed by atoms with E-state index in [1.54, 1.807) is 11.2 Å². The second-order valence-electron chi connectivity index (χ2n) is 6.07. The van der Waals surface area contributed by atoms with E-state index in [2.05, 4.69) is 12.2 Å². The molecule has 2 atom stereocenters. The highest BCUT2D eigenvalue weighted by molar-refractivity contribution is 7.89. The van der Waals surface area contributed by atoms with Crippen molar-refractivity contribution in [1.29, 1.82) is 0 Å². The first kappa shape index (κ1) is 16.5. The number of nitrogens with zero attached hydrogens (tertiary/aromatic N) is 1. The van der Waals surface area contributed by atoms with Crippen molar-refractivity contribution in [2.45, 2.75) is 58.5 Å². The van der Waals surface area contributed by atoms with Crippen LogP contribution in [0.5, 0.6) is 0 Å². The predicted molar refractivity (Wildman–Crippen MR) is 82.7 cm³/mol. The molecular formula is C15H26N2O3S. The molecule has 120 valence electrons. The van der Waals surface area contributed by atoms with Gasteiger partial charge in [-0.25, -0.2) is 8.42 Å². The quantitative estimate of drug-likeness (QED) is 0.906. The maximum Gasteiger partial charge on any atom is 0.247 e. The molecule has 1 aliphatic heterocycles. The fraction of sp³-hybridized carbons (Fsp3) is 0.733. The van der Waals surface area contributed by atoms with Crippen molar-refractivity contribution in [2.24, 2.45) is 5.92 Å². The predicted octanol–water partition coefficient (Wildman–Crippen LogP) is 2.42. The van der Waals surface area contributed by atoms with Gasteiger partial charge >= 0.3 is 0 Å². The van der Waals surface area contributed by atoms with Crippen molar-refractivity contribution < 1.29 is 12.8 Å². The molecule has 0 aromatic carbocycles. The fourth-order valence-electron chi connectivity index (χ4n) is 3.22. The number of hydrogen-bond donors (Lipinski definition) is 1. The number of aryl methyl sites for hydroxylation is 2. The van der Waals surface area contributed by atoms with E-state index in [0.717, 1.165) is 18.5 Å². The van der Waals surface area contributed by atoms with Gasteiger partial charge in [0.1, 0.15) is 16.4 Å². The first-order valence-corrected chi connectivity index (χ1v) is 9.04. The Bertz CT molecular complexity index is 607. The monoisotopic (exact) mass is 314 g/mol. The first-order valence-electron chi connectivity index (χ1n) is 7.60. The van der Waals surface area contributed by atoms with Gasteiger partial charge in [0.15, 0.2) is 0 Å². The third-order valence-electron chi connectivity index (χ3n) is 4.17. The van der Waals surface area contributed by atoms with Crippen LogP contribution in [-0.4, -0.2) is 31.9 Å². The molecule has 0 spiro atoms. The van der Waals surface area contributed by atoms with Gasteiger partial charge in [0, 0.05) is 24.7 Å². The molecule has 2 heterocycles. The van der Waals surface area contributed by atoms with Crippen LogP contribution in [0.25, 0.3) is 0 Å². The van der Waals surface area contributed by atoms with E-state index < -0.39 is 10.0 Å². The zero-order valence-electron chi connectivity index (χ0n) is 13.6. The van der Waals surface area contributed by atoms with Crippen LogP contribution in [0.15, 0.2) is 9.31 Å². The molecule has 6 heteroatoms. The highest BCUT2D eigenvalue weighted by Gasteiger charge is 2.39. The van der Waals surface area contributed by atoms with Gasteiger partial charge in [-0.2, -0.15) is 4.31 Å². The van der Waals surface area contributed by atoms with Crippen molar-refractivity contribution in [3.63, 3.8) is 0 Å². The number of sulfonamides is 1. The summed E-state index contributed by atoms with van der Waals surface area (Å²) in [6.07, 6.45) is 0.914. The number of hydrogen-bond acceptors (Lipinski definition) is 4. The summed E-state index contributed by atoms with van der Waals surface area (Å²) in [6.45, 7) is 11.5. The average Bonchev–Trinajstić information content (AvgIpc) is 2.86. The van der Waals surface area contributed by atoms with E-state index in [-0.39, 0.29) is 6.04 Å². The highest BCUT2D eigenvalue weighted by Crippen LogP contribution is 2.34. The van der Waals surface area contributed by atoms with E-state index in [0.29, 0.717) is 35.4 Å². The molecule has 1 saturated heterocycles. The zero-order valence-corrected chi connectivity index (χ0v) is 14.4. The van der Waals surface area contributed by atoms with Gasteiger partial charge in [0.05, 0.1) is 0 Å². The summed E-state index contributed by atoms with van der Waals surface area (Å²) in [5, 5.41) is 3.20. The molecule has 0 bridgehead atoms. The molecule has 0 aliphatic carbocycles. The van der Waals surface area contributed by atoms with Crippen molar-refractivity contribution in [1.82, 2.24) is 9.62 Å². The lowest BCUT2D eigenvalue weighted by Gasteiger charge is -2.21. The topological polar surface area (TPSA) is 62.6 Å². The van der Waals surface area contributed by atoms with E-state index >= 15 is 0 Å². The van der Waals surface area contributed by atoms with Crippen LogP contribution in [0.2, 0.25) is 0 Å². The molecule has 0 radical (unpaired) electrons.